The van der Waals surface area contributed by atoms with Crippen molar-refractivity contribution in [2.24, 2.45) is 5.73 Å². The van der Waals surface area contributed by atoms with Crippen molar-refractivity contribution in [2.75, 3.05) is 18.2 Å². The number of fused-ring (bicyclic) bond motifs is 1. The van der Waals surface area contributed by atoms with Gasteiger partial charge < -0.3 is 21.5 Å². The van der Waals surface area contributed by atoms with Crippen molar-refractivity contribution in [2.45, 2.75) is 6.42 Å². The van der Waals surface area contributed by atoms with E-state index in [2.05, 4.69) is 10.3 Å². The van der Waals surface area contributed by atoms with Crippen molar-refractivity contribution in [1.29, 1.82) is 0 Å². The highest BCUT2D eigenvalue weighted by atomic mass is 16.5. The normalized spacial score (nSPS) is 11.2. The van der Waals surface area contributed by atoms with Gasteiger partial charge in [-0.05, 0) is 59.7 Å². The van der Waals surface area contributed by atoms with Crippen LogP contribution in [0.3, 0.4) is 0 Å². The summed E-state index contributed by atoms with van der Waals surface area (Å²) in [5.74, 6) is 0.242. The van der Waals surface area contributed by atoms with Crippen LogP contribution in [0.2, 0.25) is 0 Å². The number of methoxy groups -OCH3 is 1. The van der Waals surface area contributed by atoms with Crippen LogP contribution >= 0.6 is 0 Å². The Bertz CT molecular complexity index is 2370. The number of anilines is 3. The van der Waals surface area contributed by atoms with Gasteiger partial charge in [-0.25, -0.2) is 15.0 Å². The molecule has 0 aliphatic carbocycles. The van der Waals surface area contributed by atoms with Crippen molar-refractivity contribution in [3.63, 3.8) is 0 Å². The molecule has 47 heavy (non-hydrogen) atoms. The molecule has 0 atom stereocenters. The fraction of sp³-hybridized carbons (Fsp3) is 0.0556. The van der Waals surface area contributed by atoms with Crippen molar-refractivity contribution >= 4 is 34.3 Å². The van der Waals surface area contributed by atoms with Crippen molar-refractivity contribution in [3.8, 4) is 34.1 Å². The fourth-order valence-corrected chi connectivity index (χ4v) is 5.66. The second-order valence-corrected chi connectivity index (χ2v) is 10.8. The zero-order chi connectivity index (χ0) is 32.7. The summed E-state index contributed by atoms with van der Waals surface area (Å²) >= 11 is 0. The highest BCUT2D eigenvalue weighted by molar-refractivity contribution is 5.96. The van der Waals surface area contributed by atoms with Gasteiger partial charge in [-0.1, -0.05) is 48.5 Å². The maximum Gasteiger partial charge on any atom is 0.272 e. The summed E-state index contributed by atoms with van der Waals surface area (Å²) in [5, 5.41) is 2.99. The molecule has 0 aliphatic heterocycles. The quantitative estimate of drug-likeness (QED) is 0.192. The molecule has 0 fully saturated rings. The number of carbonyl (C=O) groups is 1. The summed E-state index contributed by atoms with van der Waals surface area (Å²) in [6.45, 7) is 0. The van der Waals surface area contributed by atoms with Gasteiger partial charge in [0, 0.05) is 35.1 Å². The van der Waals surface area contributed by atoms with Gasteiger partial charge in [0.25, 0.3) is 10.9 Å². The minimum absolute atomic E-state index is 0.0345. The Hall–Kier alpha value is -6.62. The van der Waals surface area contributed by atoms with Gasteiger partial charge >= 0.3 is 0 Å². The van der Waals surface area contributed by atoms with Crippen molar-refractivity contribution in [3.05, 3.63) is 140 Å². The number of nitrogens with two attached hydrogens (primary N) is 2. The molecular weight excluding hydrogens is 594 g/mol. The zero-order valence-corrected chi connectivity index (χ0v) is 25.1. The van der Waals surface area contributed by atoms with E-state index in [-0.39, 0.29) is 17.0 Å². The average molecular weight is 622 g/mol. The number of ether oxygens (including phenoxy) is 1. The van der Waals surface area contributed by atoms with Gasteiger partial charge in [-0.3, -0.25) is 19.0 Å². The number of amides is 1. The van der Waals surface area contributed by atoms with Crippen LogP contribution in [0.4, 0.5) is 17.2 Å². The van der Waals surface area contributed by atoms with Crippen LogP contribution in [0.15, 0.2) is 113 Å². The molecule has 0 saturated carbocycles. The standard InChI is InChI=1S/C36H27N7O4/c1-47-32-29(30(44)31(32)45)40-27-11-5-9-23(34(38)46)25(27)19-20-12-14-22(15-13-20)43-35(24-10-6-18-39-33(24)37)42-28-17-16-26(41-36(28)43)21-7-3-2-4-8-21/h2-18,40H,19H2,1H3,(H2,37,39)(H2,38,46). The first-order chi connectivity index (χ1) is 22.8. The Morgan fingerprint density at radius 3 is 2.38 bits per heavy atom. The van der Waals surface area contributed by atoms with E-state index in [1.807, 2.05) is 83.4 Å². The number of rotatable bonds is 9. The summed E-state index contributed by atoms with van der Waals surface area (Å²) < 4.78 is 7.03. The van der Waals surface area contributed by atoms with E-state index in [1.54, 1.807) is 24.4 Å². The van der Waals surface area contributed by atoms with Crippen LogP contribution in [0.1, 0.15) is 21.5 Å². The number of hydrogen-bond acceptors (Lipinski definition) is 9. The summed E-state index contributed by atoms with van der Waals surface area (Å²) in [6.07, 6.45) is 1.92. The molecule has 0 radical (unpaired) electrons. The van der Waals surface area contributed by atoms with Gasteiger partial charge in [0.15, 0.2) is 17.2 Å². The number of carbonyl (C=O) groups excluding carboxylic acids is 1. The molecule has 0 aliphatic rings. The maximum atomic E-state index is 12.4. The Labute approximate surface area is 267 Å². The molecule has 0 bridgehead atoms. The van der Waals surface area contributed by atoms with Crippen LogP contribution < -0.4 is 32.4 Å². The lowest BCUT2D eigenvalue weighted by Crippen LogP contribution is -2.34. The van der Waals surface area contributed by atoms with Gasteiger partial charge in [0.05, 0.1) is 18.4 Å². The number of imidazole rings is 1. The molecular formula is C36H27N7O4. The number of benzene rings is 3. The largest absolute Gasteiger partial charge is 0.491 e. The third kappa shape index (κ3) is 5.15. The zero-order valence-electron chi connectivity index (χ0n) is 25.1. The number of nitrogens with zero attached hydrogens (tertiary/aromatic N) is 4. The van der Waals surface area contributed by atoms with E-state index < -0.39 is 16.8 Å². The summed E-state index contributed by atoms with van der Waals surface area (Å²) in [4.78, 5) is 50.8. The van der Waals surface area contributed by atoms with Crippen LogP contribution in [-0.2, 0) is 6.42 Å². The minimum Gasteiger partial charge on any atom is -0.491 e. The molecule has 3 aromatic heterocycles. The van der Waals surface area contributed by atoms with Crippen molar-refractivity contribution < 1.29 is 9.53 Å². The van der Waals surface area contributed by atoms with E-state index in [9.17, 15) is 14.4 Å². The SMILES string of the molecule is COc1c(Nc2cccc(C(N)=O)c2Cc2ccc(-n3c(-c4cccnc4N)nc4ccc(-c5ccccc5)nc43)cc2)c(=O)c1=O. The number of hydrogen-bond donors (Lipinski definition) is 3. The lowest BCUT2D eigenvalue weighted by Gasteiger charge is -2.17. The van der Waals surface area contributed by atoms with Gasteiger partial charge in [-0.2, -0.15) is 0 Å². The predicted molar refractivity (Wildman–Crippen MR) is 181 cm³/mol. The lowest BCUT2D eigenvalue weighted by atomic mass is 9.96. The van der Waals surface area contributed by atoms with Gasteiger partial charge in [-0.15, -0.1) is 0 Å². The van der Waals surface area contributed by atoms with E-state index >= 15 is 0 Å². The number of nitrogen functional groups attached to an aromatic ring is 1. The molecule has 7 aromatic rings. The lowest BCUT2D eigenvalue weighted by molar-refractivity contribution is 0.0999. The highest BCUT2D eigenvalue weighted by Gasteiger charge is 2.24. The van der Waals surface area contributed by atoms with E-state index in [1.165, 1.54) is 7.11 Å². The molecule has 0 spiro atoms. The number of primary amides is 1. The van der Waals surface area contributed by atoms with Gasteiger partial charge in [0.1, 0.15) is 17.0 Å². The monoisotopic (exact) mass is 621 g/mol. The maximum absolute atomic E-state index is 12.4. The highest BCUT2D eigenvalue weighted by Crippen LogP contribution is 2.33. The molecule has 1 amide bonds. The Morgan fingerprint density at radius 1 is 0.872 bits per heavy atom. The first kappa shape index (κ1) is 29.1. The number of nitrogens with one attached hydrogen (secondary N) is 1. The van der Waals surface area contributed by atoms with E-state index in [4.69, 9.17) is 26.2 Å². The topological polar surface area (TPSA) is 168 Å². The molecule has 3 heterocycles. The summed E-state index contributed by atoms with van der Waals surface area (Å²) in [7, 11) is 1.32. The van der Waals surface area contributed by atoms with Crippen LogP contribution in [-0.4, -0.2) is 32.5 Å². The van der Waals surface area contributed by atoms with Crippen LogP contribution in [0.5, 0.6) is 5.75 Å². The smallest absolute Gasteiger partial charge is 0.272 e. The van der Waals surface area contributed by atoms with E-state index in [0.29, 0.717) is 46.0 Å². The molecule has 11 heteroatoms. The number of aromatic nitrogens is 4. The molecule has 4 aromatic carbocycles. The van der Waals surface area contributed by atoms with Gasteiger partial charge in [0.2, 0.25) is 5.91 Å². The van der Waals surface area contributed by atoms with Crippen molar-refractivity contribution in [1.82, 2.24) is 19.5 Å². The predicted octanol–water partition coefficient (Wildman–Crippen LogP) is 4.77. The third-order valence-corrected chi connectivity index (χ3v) is 8.00. The number of pyridine rings is 2. The first-order valence-corrected chi connectivity index (χ1v) is 14.6. The third-order valence-electron chi connectivity index (χ3n) is 8.00. The first-order valence-electron chi connectivity index (χ1n) is 14.6. The molecule has 230 valence electrons. The Balaban J connectivity index is 1.31. The van der Waals surface area contributed by atoms with Crippen LogP contribution in [0, 0.1) is 0 Å². The summed E-state index contributed by atoms with van der Waals surface area (Å²) in [6, 6.07) is 30.2. The second-order valence-electron chi connectivity index (χ2n) is 10.8. The average Bonchev–Trinajstić information content (AvgIpc) is 3.48. The minimum atomic E-state index is -0.706. The molecule has 5 N–H and O–H groups in total. The Kier molecular flexibility index (Phi) is 7.25. The molecule has 11 nitrogen and oxygen atoms in total. The second kappa shape index (κ2) is 11.7. The Morgan fingerprint density at radius 2 is 1.66 bits per heavy atom. The fourth-order valence-electron chi connectivity index (χ4n) is 5.66. The molecule has 0 unspecified atom stereocenters. The molecule has 7 rings (SSSR count). The molecule has 0 saturated heterocycles. The van der Waals surface area contributed by atoms with Crippen LogP contribution in [0.25, 0.3) is 39.5 Å². The van der Waals surface area contributed by atoms with E-state index in [0.717, 1.165) is 22.5 Å². The summed E-state index contributed by atoms with van der Waals surface area (Å²) in [5.41, 5.74) is 17.4.